The van der Waals surface area contributed by atoms with Crippen molar-refractivity contribution >= 4 is 5.97 Å². The number of ether oxygens (including phenoxy) is 2. The van der Waals surface area contributed by atoms with E-state index in [4.69, 9.17) is 9.47 Å². The van der Waals surface area contributed by atoms with Crippen LogP contribution in [-0.4, -0.2) is 22.6 Å². The molecular weight excluding hydrogens is 328 g/mol. The first kappa shape index (κ1) is 17.7. The first-order chi connectivity index (χ1) is 12.6. The molecule has 2 aromatic heterocycles. The van der Waals surface area contributed by atoms with E-state index in [-0.39, 0.29) is 12.6 Å². The molecule has 0 saturated carbocycles. The van der Waals surface area contributed by atoms with E-state index in [9.17, 15) is 4.79 Å². The lowest BCUT2D eigenvalue weighted by molar-refractivity contribution is 0.0471. The van der Waals surface area contributed by atoms with Crippen molar-refractivity contribution < 1.29 is 14.3 Å². The van der Waals surface area contributed by atoms with Crippen LogP contribution in [0.1, 0.15) is 33.0 Å². The van der Waals surface area contributed by atoms with Crippen molar-refractivity contribution in [2.75, 3.05) is 7.11 Å². The highest BCUT2D eigenvalue weighted by molar-refractivity contribution is 5.91. The van der Waals surface area contributed by atoms with Crippen molar-refractivity contribution in [3.63, 3.8) is 0 Å². The summed E-state index contributed by atoms with van der Waals surface area (Å²) in [6.45, 7) is 4.74. The molecule has 2 heterocycles. The average molecular weight is 350 g/mol. The van der Waals surface area contributed by atoms with Gasteiger partial charge in [0.2, 0.25) is 0 Å². The van der Waals surface area contributed by atoms with Crippen LogP contribution in [0.15, 0.2) is 54.7 Å². The van der Waals surface area contributed by atoms with E-state index >= 15 is 0 Å². The first-order valence-corrected chi connectivity index (χ1v) is 8.45. The topological polar surface area (TPSA) is 53.4 Å². The Labute approximate surface area is 153 Å². The van der Waals surface area contributed by atoms with E-state index in [1.54, 1.807) is 13.3 Å². The Morgan fingerprint density at radius 1 is 1.12 bits per heavy atom. The van der Waals surface area contributed by atoms with Gasteiger partial charge in [0.1, 0.15) is 12.4 Å². The van der Waals surface area contributed by atoms with Crippen LogP contribution in [-0.2, 0) is 17.9 Å². The molecule has 0 aliphatic heterocycles. The fraction of sp³-hybridized carbons (Fsp3) is 0.238. The fourth-order valence-electron chi connectivity index (χ4n) is 2.89. The molecule has 5 nitrogen and oxygen atoms in total. The number of hydrogen-bond donors (Lipinski definition) is 0. The SMILES string of the molecule is COc1cccc(COC(=O)c2cc(C)n(Cc3ccccn3)c2C)c1. The molecule has 3 rings (SSSR count). The number of hydrogen-bond acceptors (Lipinski definition) is 4. The number of rotatable bonds is 6. The van der Waals surface area contributed by atoms with E-state index in [0.29, 0.717) is 12.1 Å². The van der Waals surface area contributed by atoms with Crippen LogP contribution < -0.4 is 4.74 Å². The molecule has 1 aromatic carbocycles. The van der Waals surface area contributed by atoms with Crippen LogP contribution in [0.2, 0.25) is 0 Å². The second kappa shape index (κ2) is 7.87. The molecule has 5 heteroatoms. The lowest BCUT2D eigenvalue weighted by atomic mass is 10.2. The lowest BCUT2D eigenvalue weighted by Gasteiger charge is -2.10. The number of aromatic nitrogens is 2. The van der Waals surface area contributed by atoms with Crippen molar-refractivity contribution in [1.29, 1.82) is 0 Å². The summed E-state index contributed by atoms with van der Waals surface area (Å²) in [4.78, 5) is 16.9. The molecule has 0 bridgehead atoms. The van der Waals surface area contributed by atoms with Crippen molar-refractivity contribution in [2.24, 2.45) is 0 Å². The van der Waals surface area contributed by atoms with Crippen molar-refractivity contribution in [1.82, 2.24) is 9.55 Å². The quantitative estimate of drug-likeness (QED) is 0.633. The third-order valence-corrected chi connectivity index (χ3v) is 4.34. The van der Waals surface area contributed by atoms with Gasteiger partial charge < -0.3 is 14.0 Å². The highest BCUT2D eigenvalue weighted by atomic mass is 16.5. The van der Waals surface area contributed by atoms with E-state index in [0.717, 1.165) is 28.4 Å². The number of carbonyl (C=O) groups is 1. The summed E-state index contributed by atoms with van der Waals surface area (Å²) < 4.78 is 12.8. The molecule has 3 aromatic rings. The number of benzene rings is 1. The molecule has 0 radical (unpaired) electrons. The summed E-state index contributed by atoms with van der Waals surface area (Å²) in [5.74, 6) is 0.417. The van der Waals surface area contributed by atoms with Gasteiger partial charge in [-0.3, -0.25) is 4.98 Å². The number of methoxy groups -OCH3 is 1. The van der Waals surface area contributed by atoms with E-state index in [1.165, 1.54) is 0 Å². The van der Waals surface area contributed by atoms with Crippen LogP contribution in [0.3, 0.4) is 0 Å². The number of carbonyl (C=O) groups excluding carboxylic acids is 1. The summed E-state index contributed by atoms with van der Waals surface area (Å²) in [6.07, 6.45) is 1.77. The summed E-state index contributed by atoms with van der Waals surface area (Å²) in [5.41, 5.74) is 4.30. The Balaban J connectivity index is 1.72. The molecule has 0 spiro atoms. The van der Waals surface area contributed by atoms with Crippen LogP contribution in [0, 0.1) is 13.8 Å². The molecule has 26 heavy (non-hydrogen) atoms. The van der Waals surface area contributed by atoms with Gasteiger partial charge in [-0.05, 0) is 49.7 Å². The Kier molecular flexibility index (Phi) is 5.37. The van der Waals surface area contributed by atoms with Crippen LogP contribution in [0.5, 0.6) is 5.75 Å². The average Bonchev–Trinajstić information content (AvgIpc) is 2.95. The van der Waals surface area contributed by atoms with Gasteiger partial charge in [-0.25, -0.2) is 4.79 Å². The Morgan fingerprint density at radius 3 is 2.69 bits per heavy atom. The zero-order chi connectivity index (χ0) is 18.5. The summed E-state index contributed by atoms with van der Waals surface area (Å²) in [6, 6.07) is 15.2. The van der Waals surface area contributed by atoms with Gasteiger partial charge in [-0.1, -0.05) is 18.2 Å². The summed E-state index contributed by atoms with van der Waals surface area (Å²) in [5, 5.41) is 0. The lowest BCUT2D eigenvalue weighted by Crippen LogP contribution is -2.09. The molecule has 0 fully saturated rings. The van der Waals surface area contributed by atoms with Gasteiger partial charge >= 0.3 is 5.97 Å². The molecule has 0 atom stereocenters. The molecule has 0 aliphatic carbocycles. The zero-order valence-electron chi connectivity index (χ0n) is 15.2. The van der Waals surface area contributed by atoms with Gasteiger partial charge in [-0.15, -0.1) is 0 Å². The standard InChI is InChI=1S/C21H22N2O3/c1-15-11-20(16(2)23(15)13-18-8-4-5-10-22-18)21(24)26-14-17-7-6-9-19(12-17)25-3/h4-12H,13-14H2,1-3H3. The number of pyridine rings is 1. The minimum absolute atomic E-state index is 0.208. The molecule has 0 aliphatic rings. The zero-order valence-corrected chi connectivity index (χ0v) is 15.2. The maximum absolute atomic E-state index is 12.5. The predicted octanol–water partition coefficient (Wildman–Crippen LogP) is 3.91. The molecule has 0 unspecified atom stereocenters. The van der Waals surface area contributed by atoms with Crippen molar-refractivity contribution in [2.45, 2.75) is 27.0 Å². The third-order valence-electron chi connectivity index (χ3n) is 4.34. The van der Waals surface area contributed by atoms with Gasteiger partial charge in [-0.2, -0.15) is 0 Å². The molecular formula is C21H22N2O3. The maximum Gasteiger partial charge on any atom is 0.340 e. The summed E-state index contributed by atoms with van der Waals surface area (Å²) >= 11 is 0. The van der Waals surface area contributed by atoms with Crippen LogP contribution >= 0.6 is 0 Å². The van der Waals surface area contributed by atoms with Crippen molar-refractivity contribution in [3.8, 4) is 5.75 Å². The summed E-state index contributed by atoms with van der Waals surface area (Å²) in [7, 11) is 1.61. The van der Waals surface area contributed by atoms with Gasteiger partial charge in [0.15, 0.2) is 0 Å². The highest BCUT2D eigenvalue weighted by Gasteiger charge is 2.17. The van der Waals surface area contributed by atoms with Gasteiger partial charge in [0.05, 0.1) is 24.9 Å². The Hall–Kier alpha value is -3.08. The normalized spacial score (nSPS) is 10.6. The van der Waals surface area contributed by atoms with E-state index < -0.39 is 0 Å². The number of esters is 1. The number of aryl methyl sites for hydroxylation is 1. The molecule has 0 amide bonds. The third kappa shape index (κ3) is 3.94. The largest absolute Gasteiger partial charge is 0.497 e. The van der Waals surface area contributed by atoms with Crippen molar-refractivity contribution in [3.05, 3.63) is 82.9 Å². The Morgan fingerprint density at radius 2 is 1.96 bits per heavy atom. The number of nitrogens with zero attached hydrogens (tertiary/aromatic N) is 2. The second-order valence-corrected chi connectivity index (χ2v) is 6.12. The maximum atomic E-state index is 12.5. The van der Waals surface area contributed by atoms with Crippen LogP contribution in [0.25, 0.3) is 0 Å². The van der Waals surface area contributed by atoms with Crippen LogP contribution in [0.4, 0.5) is 0 Å². The smallest absolute Gasteiger partial charge is 0.340 e. The fourth-order valence-corrected chi connectivity index (χ4v) is 2.89. The van der Waals surface area contributed by atoms with E-state index in [2.05, 4.69) is 9.55 Å². The minimum atomic E-state index is -0.326. The molecule has 0 N–H and O–H groups in total. The van der Waals surface area contributed by atoms with Gasteiger partial charge in [0, 0.05) is 17.6 Å². The monoisotopic (exact) mass is 350 g/mol. The first-order valence-electron chi connectivity index (χ1n) is 8.45. The van der Waals surface area contributed by atoms with Gasteiger partial charge in [0.25, 0.3) is 0 Å². The predicted molar refractivity (Wildman–Crippen MR) is 99.4 cm³/mol. The second-order valence-electron chi connectivity index (χ2n) is 6.12. The Bertz CT molecular complexity index is 901. The van der Waals surface area contributed by atoms with E-state index in [1.807, 2.05) is 62.4 Å². The minimum Gasteiger partial charge on any atom is -0.497 e. The highest BCUT2D eigenvalue weighted by Crippen LogP contribution is 2.19. The molecule has 0 saturated heterocycles. The molecule has 134 valence electrons.